The Hall–Kier alpha value is -2.01. The van der Waals surface area contributed by atoms with Crippen molar-refractivity contribution >= 4 is 21.4 Å². The number of anilines is 2. The van der Waals surface area contributed by atoms with Crippen molar-refractivity contribution in [3.63, 3.8) is 0 Å². The highest BCUT2D eigenvalue weighted by atomic mass is 32.2. The zero-order valence-corrected chi connectivity index (χ0v) is 12.9. The third-order valence-electron chi connectivity index (χ3n) is 3.32. The van der Waals surface area contributed by atoms with Crippen LogP contribution in [-0.4, -0.2) is 20.7 Å². The van der Waals surface area contributed by atoms with Crippen LogP contribution in [0, 0.1) is 0 Å². The molecule has 0 saturated heterocycles. The fourth-order valence-electron chi connectivity index (χ4n) is 2.23. The summed E-state index contributed by atoms with van der Waals surface area (Å²) in [4.78, 5) is 0. The van der Waals surface area contributed by atoms with E-state index in [1.165, 1.54) is 4.31 Å². The second-order valence-electron chi connectivity index (χ2n) is 4.78. The molecule has 0 fully saturated rings. The molecule has 0 aromatic heterocycles. The molecule has 21 heavy (non-hydrogen) atoms. The van der Waals surface area contributed by atoms with E-state index >= 15 is 0 Å². The van der Waals surface area contributed by atoms with Crippen LogP contribution in [0.3, 0.4) is 0 Å². The lowest BCUT2D eigenvalue weighted by Crippen LogP contribution is -2.34. The smallest absolute Gasteiger partial charge is 0.235 e. The van der Waals surface area contributed by atoms with Gasteiger partial charge in [-0.3, -0.25) is 4.31 Å². The second kappa shape index (κ2) is 6.63. The third kappa shape index (κ3) is 3.76. The minimum absolute atomic E-state index is 0.0686. The van der Waals surface area contributed by atoms with Crippen molar-refractivity contribution in [2.45, 2.75) is 13.3 Å². The lowest BCUT2D eigenvalue weighted by atomic mass is 10.2. The molecule has 4 nitrogen and oxygen atoms in total. The van der Waals surface area contributed by atoms with Gasteiger partial charge in [-0.2, -0.15) is 0 Å². The molecule has 5 heteroatoms. The van der Waals surface area contributed by atoms with E-state index in [1.54, 1.807) is 24.3 Å². The predicted molar refractivity (Wildman–Crippen MR) is 87.8 cm³/mol. The molecular formula is C16H20N2O2S. The zero-order valence-electron chi connectivity index (χ0n) is 12.1. The van der Waals surface area contributed by atoms with Crippen molar-refractivity contribution in [3.8, 4) is 0 Å². The number of sulfonamides is 1. The van der Waals surface area contributed by atoms with Crippen molar-refractivity contribution in [2.75, 3.05) is 22.3 Å². The van der Waals surface area contributed by atoms with Gasteiger partial charge in [-0.15, -0.1) is 0 Å². The molecule has 2 rings (SSSR count). The summed E-state index contributed by atoms with van der Waals surface area (Å²) in [6.07, 6.45) is 0.492. The molecule has 0 aliphatic heterocycles. The van der Waals surface area contributed by atoms with Crippen LogP contribution in [0.4, 0.5) is 11.4 Å². The number of para-hydroxylation sites is 2. The van der Waals surface area contributed by atoms with Gasteiger partial charge in [-0.05, 0) is 31.0 Å². The summed E-state index contributed by atoms with van der Waals surface area (Å²) in [6.45, 7) is 2.18. The van der Waals surface area contributed by atoms with Crippen molar-refractivity contribution < 1.29 is 8.42 Å². The average molecular weight is 304 g/mol. The Morgan fingerprint density at radius 2 is 1.62 bits per heavy atom. The number of benzene rings is 2. The Morgan fingerprint density at radius 3 is 2.24 bits per heavy atom. The highest BCUT2D eigenvalue weighted by Crippen LogP contribution is 2.25. The van der Waals surface area contributed by atoms with Crippen LogP contribution in [-0.2, 0) is 16.4 Å². The zero-order chi connectivity index (χ0) is 15.3. The first-order valence-electron chi connectivity index (χ1n) is 6.93. The van der Waals surface area contributed by atoms with Gasteiger partial charge in [0.15, 0.2) is 0 Å². The van der Waals surface area contributed by atoms with E-state index in [9.17, 15) is 8.42 Å². The van der Waals surface area contributed by atoms with E-state index in [0.29, 0.717) is 24.3 Å². The quantitative estimate of drug-likeness (QED) is 0.835. The van der Waals surface area contributed by atoms with E-state index in [0.717, 1.165) is 5.56 Å². The first-order chi connectivity index (χ1) is 10.0. The van der Waals surface area contributed by atoms with Gasteiger partial charge >= 0.3 is 0 Å². The maximum Gasteiger partial charge on any atom is 0.235 e. The van der Waals surface area contributed by atoms with Crippen LogP contribution in [0.2, 0.25) is 0 Å². The molecule has 0 spiro atoms. The van der Waals surface area contributed by atoms with Gasteiger partial charge in [-0.25, -0.2) is 8.42 Å². The van der Waals surface area contributed by atoms with E-state index in [-0.39, 0.29) is 5.75 Å². The van der Waals surface area contributed by atoms with Gasteiger partial charge in [0.05, 0.1) is 17.1 Å². The van der Waals surface area contributed by atoms with E-state index < -0.39 is 10.0 Å². The molecule has 2 N–H and O–H groups in total. The maximum absolute atomic E-state index is 12.6. The summed E-state index contributed by atoms with van der Waals surface area (Å²) in [5.41, 5.74) is 7.93. The van der Waals surface area contributed by atoms with Gasteiger partial charge in [0.1, 0.15) is 0 Å². The number of hydrogen-bond donors (Lipinski definition) is 1. The SMILES string of the molecule is CCN(c1ccccc1N)S(=O)(=O)CCc1ccccc1. The summed E-state index contributed by atoms with van der Waals surface area (Å²) >= 11 is 0. The monoisotopic (exact) mass is 304 g/mol. The molecule has 2 aromatic carbocycles. The number of nitrogen functional groups attached to an aromatic ring is 1. The minimum Gasteiger partial charge on any atom is -0.397 e. The minimum atomic E-state index is -3.39. The first-order valence-corrected chi connectivity index (χ1v) is 8.54. The Morgan fingerprint density at radius 1 is 1.00 bits per heavy atom. The molecule has 0 aliphatic rings. The molecule has 0 unspecified atom stereocenters. The Balaban J connectivity index is 2.19. The molecule has 0 amide bonds. The van der Waals surface area contributed by atoms with Crippen molar-refractivity contribution in [1.82, 2.24) is 0 Å². The summed E-state index contributed by atoms with van der Waals surface area (Å²) < 4.78 is 26.5. The standard InChI is InChI=1S/C16H20N2O2S/c1-2-18(16-11-7-6-10-15(16)17)21(19,20)13-12-14-8-4-3-5-9-14/h3-11H,2,12-13,17H2,1H3. The second-order valence-corrected chi connectivity index (χ2v) is 6.79. The molecule has 0 heterocycles. The van der Waals surface area contributed by atoms with Gasteiger partial charge in [-0.1, -0.05) is 42.5 Å². The van der Waals surface area contributed by atoms with Gasteiger partial charge < -0.3 is 5.73 Å². The average Bonchev–Trinajstić information content (AvgIpc) is 2.49. The van der Waals surface area contributed by atoms with Crippen LogP contribution in [0.25, 0.3) is 0 Å². The lowest BCUT2D eigenvalue weighted by Gasteiger charge is -2.24. The lowest BCUT2D eigenvalue weighted by molar-refractivity contribution is 0.591. The van der Waals surface area contributed by atoms with Crippen LogP contribution < -0.4 is 10.0 Å². The van der Waals surface area contributed by atoms with E-state index in [4.69, 9.17) is 5.73 Å². The molecule has 0 aliphatic carbocycles. The van der Waals surface area contributed by atoms with E-state index in [1.807, 2.05) is 37.3 Å². The normalized spacial score (nSPS) is 11.3. The van der Waals surface area contributed by atoms with Crippen LogP contribution in [0.5, 0.6) is 0 Å². The maximum atomic E-state index is 12.6. The topological polar surface area (TPSA) is 63.4 Å². The number of rotatable bonds is 6. The highest BCUT2D eigenvalue weighted by molar-refractivity contribution is 7.92. The van der Waals surface area contributed by atoms with Crippen molar-refractivity contribution in [2.24, 2.45) is 0 Å². The molecule has 0 bridgehead atoms. The molecule has 0 radical (unpaired) electrons. The summed E-state index contributed by atoms with van der Waals surface area (Å²) in [6, 6.07) is 16.6. The van der Waals surface area contributed by atoms with Gasteiger partial charge in [0, 0.05) is 6.54 Å². The fourth-order valence-corrected chi connectivity index (χ4v) is 3.81. The summed E-state index contributed by atoms with van der Waals surface area (Å²) in [7, 11) is -3.39. The third-order valence-corrected chi connectivity index (χ3v) is 5.17. The highest BCUT2D eigenvalue weighted by Gasteiger charge is 2.22. The molecule has 2 aromatic rings. The molecule has 0 saturated carbocycles. The van der Waals surface area contributed by atoms with Crippen molar-refractivity contribution in [1.29, 1.82) is 0 Å². The van der Waals surface area contributed by atoms with Gasteiger partial charge in [0.2, 0.25) is 10.0 Å². The number of aryl methyl sites for hydroxylation is 1. The number of nitrogens with zero attached hydrogens (tertiary/aromatic N) is 1. The number of hydrogen-bond acceptors (Lipinski definition) is 3. The summed E-state index contributed by atoms with van der Waals surface area (Å²) in [5, 5.41) is 0. The van der Waals surface area contributed by atoms with Crippen LogP contribution in [0.1, 0.15) is 12.5 Å². The first kappa shape index (κ1) is 15.4. The molecule has 112 valence electrons. The largest absolute Gasteiger partial charge is 0.397 e. The molecule has 0 atom stereocenters. The summed E-state index contributed by atoms with van der Waals surface area (Å²) in [5.74, 6) is 0.0686. The predicted octanol–water partition coefficient (Wildman–Crippen LogP) is 2.67. The Bertz CT molecular complexity index is 684. The fraction of sp³-hybridized carbons (Fsp3) is 0.250. The molecular weight excluding hydrogens is 284 g/mol. The Kier molecular flexibility index (Phi) is 4.85. The van der Waals surface area contributed by atoms with Gasteiger partial charge in [0.25, 0.3) is 0 Å². The van der Waals surface area contributed by atoms with Crippen LogP contribution >= 0.6 is 0 Å². The number of nitrogens with two attached hydrogens (primary N) is 1. The van der Waals surface area contributed by atoms with Crippen LogP contribution in [0.15, 0.2) is 54.6 Å². The van der Waals surface area contributed by atoms with E-state index in [2.05, 4.69) is 0 Å². The Labute approximate surface area is 126 Å². The van der Waals surface area contributed by atoms with Crippen molar-refractivity contribution in [3.05, 3.63) is 60.2 Å².